The van der Waals surface area contributed by atoms with Crippen molar-refractivity contribution in [3.8, 4) is 0 Å². The topological polar surface area (TPSA) is 30.5 Å². The summed E-state index contributed by atoms with van der Waals surface area (Å²) in [4.78, 5) is 0. The van der Waals surface area contributed by atoms with Crippen molar-refractivity contribution in [3.63, 3.8) is 0 Å². The van der Waals surface area contributed by atoms with E-state index in [0.29, 0.717) is 12.1 Å². The highest BCUT2D eigenvalue weighted by atomic mass is 16.5. The van der Waals surface area contributed by atoms with Crippen molar-refractivity contribution in [2.24, 2.45) is 5.41 Å². The van der Waals surface area contributed by atoms with Gasteiger partial charge in [-0.3, -0.25) is 0 Å². The summed E-state index contributed by atoms with van der Waals surface area (Å²) in [6, 6.07) is 0.538. The molecule has 0 bridgehead atoms. The second-order valence-electron chi connectivity index (χ2n) is 5.52. The summed E-state index contributed by atoms with van der Waals surface area (Å²) >= 11 is 0. The fourth-order valence-corrected chi connectivity index (χ4v) is 2.40. The van der Waals surface area contributed by atoms with Crippen LogP contribution in [0.2, 0.25) is 0 Å². The average molecular weight is 243 g/mol. The lowest BCUT2D eigenvalue weighted by Gasteiger charge is -2.33. The SMILES string of the molecule is CCCOCCC1(CNC(C)C)CCOC1C. The molecule has 0 amide bonds. The van der Waals surface area contributed by atoms with Crippen LogP contribution in [-0.4, -0.2) is 38.5 Å². The van der Waals surface area contributed by atoms with Crippen LogP contribution < -0.4 is 5.32 Å². The maximum absolute atomic E-state index is 5.76. The lowest BCUT2D eigenvalue weighted by Crippen LogP contribution is -2.42. The molecule has 3 nitrogen and oxygen atoms in total. The van der Waals surface area contributed by atoms with Crippen LogP contribution in [0.4, 0.5) is 0 Å². The van der Waals surface area contributed by atoms with Crippen molar-refractivity contribution in [1.29, 1.82) is 0 Å². The third kappa shape index (κ3) is 4.57. The van der Waals surface area contributed by atoms with Gasteiger partial charge in [0.05, 0.1) is 6.10 Å². The standard InChI is InChI=1S/C14H29NO2/c1-5-8-16-9-6-14(11-15-12(2)3)7-10-17-13(14)4/h12-13,15H,5-11H2,1-4H3. The molecule has 1 aliphatic rings. The van der Waals surface area contributed by atoms with Crippen LogP contribution >= 0.6 is 0 Å². The number of hydrogen-bond acceptors (Lipinski definition) is 3. The number of rotatable bonds is 8. The van der Waals surface area contributed by atoms with Crippen molar-refractivity contribution < 1.29 is 9.47 Å². The smallest absolute Gasteiger partial charge is 0.0617 e. The highest BCUT2D eigenvalue weighted by molar-refractivity contribution is 4.91. The molecule has 0 saturated carbocycles. The van der Waals surface area contributed by atoms with E-state index in [2.05, 4.69) is 33.0 Å². The van der Waals surface area contributed by atoms with Gasteiger partial charge in [0.25, 0.3) is 0 Å². The Balaban J connectivity index is 2.41. The Hall–Kier alpha value is -0.120. The van der Waals surface area contributed by atoms with Crippen molar-refractivity contribution in [1.82, 2.24) is 5.32 Å². The molecule has 1 aliphatic heterocycles. The van der Waals surface area contributed by atoms with Crippen molar-refractivity contribution >= 4 is 0 Å². The molecular weight excluding hydrogens is 214 g/mol. The van der Waals surface area contributed by atoms with Gasteiger partial charge in [-0.05, 0) is 26.2 Å². The summed E-state index contributed by atoms with van der Waals surface area (Å²) in [5.74, 6) is 0. The zero-order valence-electron chi connectivity index (χ0n) is 11.9. The van der Waals surface area contributed by atoms with Gasteiger partial charge in [0.2, 0.25) is 0 Å². The number of hydrogen-bond donors (Lipinski definition) is 1. The van der Waals surface area contributed by atoms with Crippen LogP contribution in [0.15, 0.2) is 0 Å². The van der Waals surface area contributed by atoms with Crippen LogP contribution in [0, 0.1) is 5.41 Å². The Morgan fingerprint density at radius 1 is 1.41 bits per heavy atom. The lowest BCUT2D eigenvalue weighted by atomic mass is 9.78. The fraction of sp³-hybridized carbons (Fsp3) is 1.00. The van der Waals surface area contributed by atoms with Crippen LogP contribution in [0.5, 0.6) is 0 Å². The monoisotopic (exact) mass is 243 g/mol. The summed E-state index contributed by atoms with van der Waals surface area (Å²) in [6.07, 6.45) is 3.71. The molecule has 3 heteroatoms. The van der Waals surface area contributed by atoms with E-state index in [9.17, 15) is 0 Å². The molecule has 0 aromatic carbocycles. The van der Waals surface area contributed by atoms with Crippen LogP contribution in [0.25, 0.3) is 0 Å². The fourth-order valence-electron chi connectivity index (χ4n) is 2.40. The van der Waals surface area contributed by atoms with Crippen molar-refractivity contribution in [2.45, 2.75) is 59.1 Å². The predicted octanol–water partition coefficient (Wildman–Crippen LogP) is 2.60. The van der Waals surface area contributed by atoms with E-state index >= 15 is 0 Å². The van der Waals surface area contributed by atoms with Gasteiger partial charge in [-0.2, -0.15) is 0 Å². The molecule has 17 heavy (non-hydrogen) atoms. The summed E-state index contributed by atoms with van der Waals surface area (Å²) in [5, 5.41) is 3.56. The second-order valence-corrected chi connectivity index (χ2v) is 5.52. The molecule has 1 N–H and O–H groups in total. The van der Waals surface area contributed by atoms with Gasteiger partial charge in [-0.25, -0.2) is 0 Å². The van der Waals surface area contributed by atoms with E-state index in [1.807, 2.05) is 0 Å². The van der Waals surface area contributed by atoms with Gasteiger partial charge < -0.3 is 14.8 Å². The third-order valence-corrected chi connectivity index (χ3v) is 3.79. The van der Waals surface area contributed by atoms with Gasteiger partial charge in [-0.15, -0.1) is 0 Å². The predicted molar refractivity (Wildman–Crippen MR) is 71.3 cm³/mol. The van der Waals surface area contributed by atoms with Gasteiger partial charge in [0.1, 0.15) is 0 Å². The first kappa shape index (κ1) is 14.9. The van der Waals surface area contributed by atoms with E-state index in [4.69, 9.17) is 9.47 Å². The highest BCUT2D eigenvalue weighted by Crippen LogP contribution is 2.37. The molecular formula is C14H29NO2. The first-order chi connectivity index (χ1) is 8.10. The Morgan fingerprint density at radius 2 is 2.18 bits per heavy atom. The second kappa shape index (κ2) is 7.34. The summed E-state index contributed by atoms with van der Waals surface area (Å²) in [6.45, 7) is 12.4. The Kier molecular flexibility index (Phi) is 6.45. The highest BCUT2D eigenvalue weighted by Gasteiger charge is 2.40. The molecule has 1 fully saturated rings. The van der Waals surface area contributed by atoms with E-state index in [0.717, 1.165) is 45.6 Å². The molecule has 1 saturated heterocycles. The van der Waals surface area contributed by atoms with E-state index in [1.54, 1.807) is 0 Å². The molecule has 0 spiro atoms. The molecule has 0 aliphatic carbocycles. The summed E-state index contributed by atoms with van der Waals surface area (Å²) < 4.78 is 11.4. The minimum absolute atomic E-state index is 0.276. The molecule has 2 unspecified atom stereocenters. The van der Waals surface area contributed by atoms with Crippen molar-refractivity contribution in [2.75, 3.05) is 26.4 Å². The number of ether oxygens (including phenoxy) is 2. The van der Waals surface area contributed by atoms with Crippen LogP contribution in [-0.2, 0) is 9.47 Å². The lowest BCUT2D eigenvalue weighted by molar-refractivity contribution is 0.0322. The molecule has 102 valence electrons. The van der Waals surface area contributed by atoms with Gasteiger partial charge in [0, 0.05) is 37.8 Å². The van der Waals surface area contributed by atoms with Crippen molar-refractivity contribution in [3.05, 3.63) is 0 Å². The third-order valence-electron chi connectivity index (χ3n) is 3.79. The summed E-state index contributed by atoms with van der Waals surface area (Å²) in [5.41, 5.74) is 0.276. The van der Waals surface area contributed by atoms with Crippen LogP contribution in [0.3, 0.4) is 0 Å². The molecule has 1 rings (SSSR count). The van der Waals surface area contributed by atoms with E-state index < -0.39 is 0 Å². The first-order valence-corrected chi connectivity index (χ1v) is 7.03. The van der Waals surface area contributed by atoms with Gasteiger partial charge >= 0.3 is 0 Å². The van der Waals surface area contributed by atoms with Crippen LogP contribution in [0.1, 0.15) is 47.0 Å². The minimum atomic E-state index is 0.276. The number of nitrogens with one attached hydrogen (secondary N) is 1. The first-order valence-electron chi connectivity index (χ1n) is 7.03. The maximum atomic E-state index is 5.76. The zero-order chi connectivity index (χ0) is 12.7. The molecule has 0 radical (unpaired) electrons. The van der Waals surface area contributed by atoms with E-state index in [-0.39, 0.29) is 5.41 Å². The normalized spacial score (nSPS) is 29.1. The molecule has 1 heterocycles. The Morgan fingerprint density at radius 3 is 2.71 bits per heavy atom. The summed E-state index contributed by atoms with van der Waals surface area (Å²) in [7, 11) is 0. The molecule has 2 atom stereocenters. The van der Waals surface area contributed by atoms with E-state index in [1.165, 1.54) is 0 Å². The molecule has 0 aromatic heterocycles. The Bertz CT molecular complexity index is 208. The van der Waals surface area contributed by atoms with Gasteiger partial charge in [-0.1, -0.05) is 20.8 Å². The zero-order valence-corrected chi connectivity index (χ0v) is 11.9. The Labute approximate surface area is 106 Å². The van der Waals surface area contributed by atoms with Gasteiger partial charge in [0.15, 0.2) is 0 Å². The average Bonchev–Trinajstić information content (AvgIpc) is 2.65. The maximum Gasteiger partial charge on any atom is 0.0617 e. The molecule has 0 aromatic rings. The minimum Gasteiger partial charge on any atom is -0.381 e. The quantitative estimate of drug-likeness (QED) is 0.665. The largest absolute Gasteiger partial charge is 0.381 e.